The summed E-state index contributed by atoms with van der Waals surface area (Å²) in [6.45, 7) is 8.75. The van der Waals surface area contributed by atoms with Gasteiger partial charge in [0.25, 0.3) is 0 Å². The Morgan fingerprint density at radius 3 is 2.57 bits per heavy atom. The molecule has 118 valence electrons. The van der Waals surface area contributed by atoms with Gasteiger partial charge < -0.3 is 15.4 Å². The maximum absolute atomic E-state index is 5.59. The van der Waals surface area contributed by atoms with E-state index >= 15 is 0 Å². The average Bonchev–Trinajstić information content (AvgIpc) is 2.53. The van der Waals surface area contributed by atoms with Gasteiger partial charge in [-0.1, -0.05) is 19.1 Å². The molecule has 0 aromatic heterocycles. The van der Waals surface area contributed by atoms with Crippen molar-refractivity contribution in [1.82, 2.24) is 4.90 Å². The van der Waals surface area contributed by atoms with Crippen LogP contribution >= 0.6 is 0 Å². The zero-order valence-corrected chi connectivity index (χ0v) is 13.4. The van der Waals surface area contributed by atoms with Gasteiger partial charge in [-0.25, -0.2) is 0 Å². The quantitative estimate of drug-likeness (QED) is 0.836. The molecule has 1 unspecified atom stereocenters. The van der Waals surface area contributed by atoms with Crippen molar-refractivity contribution in [2.45, 2.75) is 19.8 Å². The van der Waals surface area contributed by atoms with Gasteiger partial charge in [0.05, 0.1) is 12.8 Å². The highest BCUT2D eigenvalue weighted by atomic mass is 16.5. The number of anilines is 1. The maximum Gasteiger partial charge on any atom is 0.142 e. The Labute approximate surface area is 128 Å². The molecule has 1 aliphatic rings. The Morgan fingerprint density at radius 2 is 1.90 bits per heavy atom. The van der Waals surface area contributed by atoms with Crippen LogP contribution in [0, 0.1) is 5.92 Å². The topological polar surface area (TPSA) is 41.7 Å². The first-order valence-corrected chi connectivity index (χ1v) is 8.05. The highest BCUT2D eigenvalue weighted by Gasteiger charge is 2.20. The molecule has 1 aliphatic heterocycles. The molecule has 1 fully saturated rings. The summed E-state index contributed by atoms with van der Waals surface area (Å²) >= 11 is 0. The van der Waals surface area contributed by atoms with Crippen LogP contribution in [-0.2, 0) is 0 Å². The summed E-state index contributed by atoms with van der Waals surface area (Å²) in [4.78, 5) is 5.01. The Morgan fingerprint density at radius 1 is 1.19 bits per heavy atom. The van der Waals surface area contributed by atoms with Gasteiger partial charge in [-0.05, 0) is 37.4 Å². The van der Waals surface area contributed by atoms with Gasteiger partial charge in [-0.3, -0.25) is 4.90 Å². The standard InChI is InChI=1S/C17H29N3O/c1-15(6-5-9-18)14-19-10-12-20(13-11-19)16-7-3-4-8-17(16)21-2/h3-4,7-8,15H,5-6,9-14,18H2,1-2H3. The lowest BCUT2D eigenvalue weighted by atomic mass is 10.0. The fourth-order valence-electron chi connectivity index (χ4n) is 3.06. The van der Waals surface area contributed by atoms with Crippen LogP contribution in [0.25, 0.3) is 0 Å². The summed E-state index contributed by atoms with van der Waals surface area (Å²) in [5.41, 5.74) is 6.81. The molecule has 0 aliphatic carbocycles. The molecule has 0 spiro atoms. The molecule has 1 aromatic carbocycles. The van der Waals surface area contributed by atoms with Gasteiger partial charge in [0.15, 0.2) is 0 Å². The Balaban J connectivity index is 1.83. The molecule has 0 saturated carbocycles. The molecule has 2 rings (SSSR count). The van der Waals surface area contributed by atoms with E-state index in [0.717, 1.165) is 50.8 Å². The number of hydrogen-bond donors (Lipinski definition) is 1. The van der Waals surface area contributed by atoms with Crippen molar-refractivity contribution in [3.63, 3.8) is 0 Å². The van der Waals surface area contributed by atoms with Crippen molar-refractivity contribution >= 4 is 5.69 Å². The summed E-state index contributed by atoms with van der Waals surface area (Å²) in [6, 6.07) is 8.30. The third kappa shape index (κ3) is 4.61. The van der Waals surface area contributed by atoms with Gasteiger partial charge in [0, 0.05) is 32.7 Å². The van der Waals surface area contributed by atoms with Gasteiger partial charge in [0.1, 0.15) is 5.75 Å². The van der Waals surface area contributed by atoms with Crippen LogP contribution in [0.4, 0.5) is 5.69 Å². The van der Waals surface area contributed by atoms with Crippen molar-refractivity contribution in [2.75, 3.05) is 51.3 Å². The Bertz CT molecular complexity index is 416. The minimum absolute atomic E-state index is 0.742. The summed E-state index contributed by atoms with van der Waals surface area (Å²) in [7, 11) is 1.74. The third-order valence-corrected chi connectivity index (χ3v) is 4.27. The van der Waals surface area contributed by atoms with E-state index in [-0.39, 0.29) is 0 Å². The Kier molecular flexibility index (Phi) is 6.33. The first kappa shape index (κ1) is 16.1. The number of methoxy groups -OCH3 is 1. The summed E-state index contributed by atoms with van der Waals surface area (Å²) in [5.74, 6) is 1.72. The third-order valence-electron chi connectivity index (χ3n) is 4.27. The van der Waals surface area contributed by atoms with E-state index in [1.54, 1.807) is 7.11 Å². The van der Waals surface area contributed by atoms with Crippen molar-refractivity contribution in [3.05, 3.63) is 24.3 Å². The molecule has 1 heterocycles. The van der Waals surface area contributed by atoms with Crippen molar-refractivity contribution < 1.29 is 4.74 Å². The van der Waals surface area contributed by atoms with Crippen molar-refractivity contribution in [1.29, 1.82) is 0 Å². The fourth-order valence-corrected chi connectivity index (χ4v) is 3.06. The van der Waals surface area contributed by atoms with Gasteiger partial charge >= 0.3 is 0 Å². The molecule has 0 amide bonds. The van der Waals surface area contributed by atoms with E-state index in [2.05, 4.69) is 28.9 Å². The maximum atomic E-state index is 5.59. The number of nitrogens with zero attached hydrogens (tertiary/aromatic N) is 2. The van der Waals surface area contributed by atoms with E-state index in [0.29, 0.717) is 0 Å². The summed E-state index contributed by atoms with van der Waals surface area (Å²) < 4.78 is 5.47. The Hall–Kier alpha value is -1.26. The first-order chi connectivity index (χ1) is 10.2. The summed E-state index contributed by atoms with van der Waals surface area (Å²) in [5, 5.41) is 0. The number of piperazine rings is 1. The van der Waals surface area contributed by atoms with Crippen molar-refractivity contribution in [2.24, 2.45) is 11.7 Å². The lowest BCUT2D eigenvalue weighted by molar-refractivity contribution is 0.219. The molecular formula is C17H29N3O. The zero-order chi connectivity index (χ0) is 15.1. The van der Waals surface area contributed by atoms with Crippen LogP contribution in [-0.4, -0.2) is 51.3 Å². The molecular weight excluding hydrogens is 262 g/mol. The van der Waals surface area contributed by atoms with Gasteiger partial charge in [-0.15, -0.1) is 0 Å². The van der Waals surface area contributed by atoms with Crippen LogP contribution in [0.15, 0.2) is 24.3 Å². The number of para-hydroxylation sites is 2. The first-order valence-electron chi connectivity index (χ1n) is 8.05. The van der Waals surface area contributed by atoms with E-state index in [4.69, 9.17) is 10.5 Å². The van der Waals surface area contributed by atoms with Gasteiger partial charge in [0.2, 0.25) is 0 Å². The number of hydrogen-bond acceptors (Lipinski definition) is 4. The monoisotopic (exact) mass is 291 g/mol. The molecule has 4 heteroatoms. The number of rotatable bonds is 7. The second-order valence-corrected chi connectivity index (χ2v) is 6.00. The van der Waals surface area contributed by atoms with Crippen LogP contribution < -0.4 is 15.4 Å². The van der Waals surface area contributed by atoms with Crippen molar-refractivity contribution in [3.8, 4) is 5.75 Å². The molecule has 2 N–H and O–H groups in total. The smallest absolute Gasteiger partial charge is 0.142 e. The summed E-state index contributed by atoms with van der Waals surface area (Å²) in [6.07, 6.45) is 2.38. The number of benzene rings is 1. The predicted molar refractivity (Wildman–Crippen MR) is 89.1 cm³/mol. The van der Waals surface area contributed by atoms with Crippen LogP contribution in [0.1, 0.15) is 19.8 Å². The molecule has 1 atom stereocenters. The number of ether oxygens (including phenoxy) is 1. The number of nitrogens with two attached hydrogens (primary N) is 1. The minimum atomic E-state index is 0.742. The van der Waals surface area contributed by atoms with E-state index in [1.165, 1.54) is 18.7 Å². The molecule has 0 bridgehead atoms. The average molecular weight is 291 g/mol. The largest absolute Gasteiger partial charge is 0.495 e. The highest BCUT2D eigenvalue weighted by Crippen LogP contribution is 2.28. The lowest BCUT2D eigenvalue weighted by Gasteiger charge is -2.37. The fraction of sp³-hybridized carbons (Fsp3) is 0.647. The van der Waals surface area contributed by atoms with E-state index in [1.807, 2.05) is 12.1 Å². The van der Waals surface area contributed by atoms with Gasteiger partial charge in [-0.2, -0.15) is 0 Å². The second-order valence-electron chi connectivity index (χ2n) is 6.00. The highest BCUT2D eigenvalue weighted by molar-refractivity contribution is 5.58. The minimum Gasteiger partial charge on any atom is -0.495 e. The van der Waals surface area contributed by atoms with Crippen LogP contribution in [0.5, 0.6) is 5.75 Å². The predicted octanol–water partition coefficient (Wildman–Crippen LogP) is 2.19. The SMILES string of the molecule is COc1ccccc1N1CCN(CC(C)CCCN)CC1. The van der Waals surface area contributed by atoms with Crippen LogP contribution in [0.2, 0.25) is 0 Å². The molecule has 4 nitrogen and oxygen atoms in total. The lowest BCUT2D eigenvalue weighted by Crippen LogP contribution is -2.47. The van der Waals surface area contributed by atoms with E-state index < -0.39 is 0 Å². The molecule has 1 aromatic rings. The zero-order valence-electron chi connectivity index (χ0n) is 13.4. The van der Waals surface area contributed by atoms with Crippen LogP contribution in [0.3, 0.4) is 0 Å². The second kappa shape index (κ2) is 8.25. The normalized spacial score (nSPS) is 17.8. The molecule has 1 saturated heterocycles. The van der Waals surface area contributed by atoms with E-state index in [9.17, 15) is 0 Å². The molecule has 21 heavy (non-hydrogen) atoms. The molecule has 0 radical (unpaired) electrons.